The summed E-state index contributed by atoms with van der Waals surface area (Å²) in [5, 5.41) is 13.6. The van der Waals surface area contributed by atoms with E-state index in [4.69, 9.17) is 9.47 Å². The van der Waals surface area contributed by atoms with Crippen LogP contribution in [0, 0.1) is 0 Å². The molecule has 0 radical (unpaired) electrons. The Hall–Kier alpha value is -2.04. The first-order chi connectivity index (χ1) is 11.3. The fraction of sp³-hybridized carbons (Fsp3) is 0.368. The lowest BCUT2D eigenvalue weighted by Crippen LogP contribution is -2.31. The summed E-state index contributed by atoms with van der Waals surface area (Å²) >= 11 is 0. The maximum absolute atomic E-state index is 10.2. The van der Waals surface area contributed by atoms with Crippen LogP contribution in [0.3, 0.4) is 0 Å². The number of ether oxygens (including phenoxy) is 2. The Bertz CT molecular complexity index is 624. The van der Waals surface area contributed by atoms with Gasteiger partial charge in [0.05, 0.1) is 13.2 Å². The largest absolute Gasteiger partial charge is 0.504 e. The van der Waals surface area contributed by atoms with Crippen LogP contribution in [-0.4, -0.2) is 31.1 Å². The van der Waals surface area contributed by atoms with Crippen LogP contribution in [0.5, 0.6) is 11.5 Å². The highest BCUT2D eigenvalue weighted by atomic mass is 16.5. The molecule has 2 aromatic carbocycles. The third-order valence-electron chi connectivity index (χ3n) is 4.12. The van der Waals surface area contributed by atoms with Crippen molar-refractivity contribution < 1.29 is 14.6 Å². The van der Waals surface area contributed by atoms with E-state index >= 15 is 0 Å². The van der Waals surface area contributed by atoms with Crippen molar-refractivity contribution in [2.75, 3.05) is 19.8 Å². The van der Waals surface area contributed by atoms with Gasteiger partial charge in [0.2, 0.25) is 0 Å². The van der Waals surface area contributed by atoms with Gasteiger partial charge in [-0.1, -0.05) is 42.5 Å². The summed E-state index contributed by atoms with van der Waals surface area (Å²) in [6.07, 6.45) is 0.749. The molecule has 2 atom stereocenters. The monoisotopic (exact) mass is 313 g/mol. The summed E-state index contributed by atoms with van der Waals surface area (Å²) in [6.45, 7) is 3.99. The minimum Gasteiger partial charge on any atom is -0.504 e. The molecule has 0 aliphatic carbocycles. The van der Waals surface area contributed by atoms with E-state index < -0.39 is 0 Å². The third-order valence-corrected chi connectivity index (χ3v) is 4.12. The lowest BCUT2D eigenvalue weighted by molar-refractivity contribution is 0.0769. The molecule has 1 aliphatic rings. The first-order valence-electron chi connectivity index (χ1n) is 8.13. The molecule has 0 aromatic heterocycles. The van der Waals surface area contributed by atoms with Crippen LogP contribution in [-0.2, 0) is 11.2 Å². The fourth-order valence-corrected chi connectivity index (χ4v) is 3.09. The van der Waals surface area contributed by atoms with Crippen LogP contribution < -0.4 is 10.1 Å². The Kier molecular flexibility index (Phi) is 5.16. The van der Waals surface area contributed by atoms with Crippen molar-refractivity contribution in [3.05, 3.63) is 59.7 Å². The standard InChI is InChI=1S/C19H23NO3/c1-2-22-18-15(9-6-10-17(18)21)16(19-20-11-12-23-19)13-14-7-4-3-5-8-14/h3-10,16,19-21H,2,11-13H2,1H3. The lowest BCUT2D eigenvalue weighted by atomic mass is 9.89. The zero-order valence-electron chi connectivity index (χ0n) is 13.4. The van der Waals surface area contributed by atoms with Gasteiger partial charge in [-0.25, -0.2) is 0 Å². The van der Waals surface area contributed by atoms with Crippen LogP contribution in [0.25, 0.3) is 0 Å². The van der Waals surface area contributed by atoms with E-state index in [1.807, 2.05) is 37.3 Å². The van der Waals surface area contributed by atoms with Gasteiger partial charge in [0.15, 0.2) is 11.5 Å². The number of hydrogen-bond donors (Lipinski definition) is 2. The normalized spacial score (nSPS) is 18.7. The average Bonchev–Trinajstić information content (AvgIpc) is 3.10. The molecule has 4 heteroatoms. The molecule has 2 aromatic rings. The number of hydrogen-bond acceptors (Lipinski definition) is 4. The topological polar surface area (TPSA) is 50.7 Å². The number of para-hydroxylation sites is 1. The molecule has 2 unspecified atom stereocenters. The van der Waals surface area contributed by atoms with Crippen molar-refractivity contribution in [1.29, 1.82) is 0 Å². The molecule has 0 bridgehead atoms. The van der Waals surface area contributed by atoms with Crippen LogP contribution >= 0.6 is 0 Å². The van der Waals surface area contributed by atoms with Gasteiger partial charge >= 0.3 is 0 Å². The van der Waals surface area contributed by atoms with Crippen LogP contribution in [0.4, 0.5) is 0 Å². The molecule has 1 heterocycles. The minimum atomic E-state index is -0.0730. The summed E-state index contributed by atoms with van der Waals surface area (Å²) in [5.74, 6) is 0.821. The predicted octanol–water partition coefficient (Wildman–Crippen LogP) is 3.06. The van der Waals surface area contributed by atoms with Crippen molar-refractivity contribution >= 4 is 0 Å². The molecule has 122 valence electrons. The minimum absolute atomic E-state index is 0.0730. The van der Waals surface area contributed by atoms with Gasteiger partial charge in [0.1, 0.15) is 6.23 Å². The number of benzene rings is 2. The quantitative estimate of drug-likeness (QED) is 0.860. The molecule has 2 N–H and O–H groups in total. The van der Waals surface area contributed by atoms with Gasteiger partial charge in [-0.15, -0.1) is 0 Å². The summed E-state index contributed by atoms with van der Waals surface area (Å²) in [4.78, 5) is 0. The van der Waals surface area contributed by atoms with Gasteiger partial charge in [-0.05, 0) is 25.0 Å². The third kappa shape index (κ3) is 3.66. The Morgan fingerprint density at radius 3 is 2.74 bits per heavy atom. The van der Waals surface area contributed by atoms with Crippen molar-refractivity contribution in [2.24, 2.45) is 0 Å². The summed E-state index contributed by atoms with van der Waals surface area (Å²) in [6, 6.07) is 15.9. The Morgan fingerprint density at radius 2 is 2.04 bits per heavy atom. The van der Waals surface area contributed by atoms with E-state index in [0.29, 0.717) is 19.0 Å². The summed E-state index contributed by atoms with van der Waals surface area (Å²) in [5.41, 5.74) is 2.22. The zero-order chi connectivity index (χ0) is 16.1. The molecule has 1 aliphatic heterocycles. The van der Waals surface area contributed by atoms with E-state index in [2.05, 4.69) is 17.4 Å². The smallest absolute Gasteiger partial charge is 0.164 e. The molecule has 1 saturated heterocycles. The molecule has 4 nitrogen and oxygen atoms in total. The first-order valence-corrected chi connectivity index (χ1v) is 8.13. The number of aromatic hydroxyl groups is 1. The maximum Gasteiger partial charge on any atom is 0.164 e. The van der Waals surface area contributed by atoms with E-state index in [1.165, 1.54) is 5.56 Å². The van der Waals surface area contributed by atoms with Gasteiger partial charge in [-0.3, -0.25) is 5.32 Å². The van der Waals surface area contributed by atoms with Gasteiger partial charge < -0.3 is 14.6 Å². The van der Waals surface area contributed by atoms with E-state index in [-0.39, 0.29) is 17.9 Å². The molecule has 3 rings (SSSR count). The van der Waals surface area contributed by atoms with Crippen LogP contribution in [0.15, 0.2) is 48.5 Å². The molecule has 0 spiro atoms. The predicted molar refractivity (Wildman–Crippen MR) is 89.9 cm³/mol. The summed E-state index contributed by atoms with van der Waals surface area (Å²) < 4.78 is 11.6. The molecule has 23 heavy (non-hydrogen) atoms. The van der Waals surface area contributed by atoms with Gasteiger partial charge in [-0.2, -0.15) is 0 Å². The zero-order valence-corrected chi connectivity index (χ0v) is 13.4. The van der Waals surface area contributed by atoms with Crippen molar-refractivity contribution in [3.8, 4) is 11.5 Å². The average molecular weight is 313 g/mol. The SMILES string of the molecule is CCOc1c(O)cccc1C(Cc1ccccc1)C1NCCO1. The highest BCUT2D eigenvalue weighted by Crippen LogP contribution is 2.38. The highest BCUT2D eigenvalue weighted by molar-refractivity contribution is 5.48. The Balaban J connectivity index is 1.96. The number of nitrogens with one attached hydrogen (secondary N) is 1. The molecule has 1 fully saturated rings. The fourth-order valence-electron chi connectivity index (χ4n) is 3.09. The van der Waals surface area contributed by atoms with E-state index in [1.54, 1.807) is 6.07 Å². The van der Waals surface area contributed by atoms with Crippen molar-refractivity contribution in [3.63, 3.8) is 0 Å². The van der Waals surface area contributed by atoms with Crippen molar-refractivity contribution in [1.82, 2.24) is 5.32 Å². The molecular weight excluding hydrogens is 290 g/mol. The number of phenolic OH excluding ortho intramolecular Hbond substituents is 1. The second-order valence-electron chi connectivity index (χ2n) is 5.67. The summed E-state index contributed by atoms with van der Waals surface area (Å²) in [7, 11) is 0. The van der Waals surface area contributed by atoms with Gasteiger partial charge in [0.25, 0.3) is 0 Å². The Morgan fingerprint density at radius 1 is 1.22 bits per heavy atom. The lowest BCUT2D eigenvalue weighted by Gasteiger charge is -2.26. The van der Waals surface area contributed by atoms with Crippen LogP contribution in [0.1, 0.15) is 24.0 Å². The van der Waals surface area contributed by atoms with E-state index in [0.717, 1.165) is 18.5 Å². The second-order valence-corrected chi connectivity index (χ2v) is 5.67. The highest BCUT2D eigenvalue weighted by Gasteiger charge is 2.30. The molecular formula is C19H23NO3. The first kappa shape index (κ1) is 15.8. The van der Waals surface area contributed by atoms with Gasteiger partial charge in [0, 0.05) is 18.0 Å². The number of rotatable bonds is 6. The molecule has 0 saturated carbocycles. The maximum atomic E-state index is 10.2. The van der Waals surface area contributed by atoms with Crippen molar-refractivity contribution in [2.45, 2.75) is 25.5 Å². The Labute approximate surface area is 137 Å². The number of phenols is 1. The van der Waals surface area contributed by atoms with Crippen LogP contribution in [0.2, 0.25) is 0 Å². The van der Waals surface area contributed by atoms with E-state index in [9.17, 15) is 5.11 Å². The second kappa shape index (κ2) is 7.49. The molecule has 0 amide bonds.